The van der Waals surface area contributed by atoms with E-state index in [4.69, 9.17) is 0 Å². The highest BCUT2D eigenvalue weighted by molar-refractivity contribution is 7.21. The van der Waals surface area contributed by atoms with Crippen molar-refractivity contribution < 1.29 is 18.8 Å². The monoisotopic (exact) mass is 477 g/mol. The number of nitrogens with zero attached hydrogens (tertiary/aromatic N) is 5. The summed E-state index contributed by atoms with van der Waals surface area (Å²) in [7, 11) is 0. The summed E-state index contributed by atoms with van der Waals surface area (Å²) in [4.78, 5) is 15.3. The molecular formula is C23H13F2N5O3S. The number of thiazole rings is 1. The van der Waals surface area contributed by atoms with Gasteiger partial charge in [0, 0.05) is 17.2 Å². The fourth-order valence-corrected chi connectivity index (χ4v) is 4.35. The lowest BCUT2D eigenvalue weighted by Crippen LogP contribution is -1.93. The number of benzene rings is 3. The topological polar surface area (TPSA) is 105 Å². The quantitative estimate of drug-likeness (QED) is 0.166. The van der Waals surface area contributed by atoms with E-state index in [2.05, 4.69) is 15.2 Å². The zero-order valence-electron chi connectivity index (χ0n) is 17.1. The SMILES string of the molecule is O=[N+]([O-])c1ccccc1N=Nc1sc2nc(-c3ccccc3F)c(-c3ccccc3F)n2c1O. The third kappa shape index (κ3) is 3.57. The minimum atomic E-state index is -0.591. The summed E-state index contributed by atoms with van der Waals surface area (Å²) in [5.74, 6) is -1.55. The molecule has 0 saturated carbocycles. The van der Waals surface area contributed by atoms with Gasteiger partial charge < -0.3 is 5.11 Å². The Labute approximate surface area is 194 Å². The molecule has 0 atom stereocenters. The van der Waals surface area contributed by atoms with Gasteiger partial charge >= 0.3 is 0 Å². The van der Waals surface area contributed by atoms with Gasteiger partial charge in [0.05, 0.1) is 10.6 Å². The number of halogens is 2. The summed E-state index contributed by atoms with van der Waals surface area (Å²) in [6.45, 7) is 0. The Balaban J connectivity index is 1.71. The standard InChI is InChI=1S/C23H13F2N5O3S/c24-15-9-3-1-7-13(15)19-20(14-8-2-4-10-16(14)25)29-22(31)21(34-23(29)26-19)28-27-17-11-5-6-12-18(17)30(32)33/h1-12,31H. The van der Waals surface area contributed by atoms with E-state index >= 15 is 0 Å². The van der Waals surface area contributed by atoms with Gasteiger partial charge in [0.15, 0.2) is 10.6 Å². The average molecular weight is 477 g/mol. The molecule has 0 bridgehead atoms. The van der Waals surface area contributed by atoms with Crippen molar-refractivity contribution in [3.8, 4) is 28.4 Å². The first kappa shape index (κ1) is 21.3. The third-order valence-corrected chi connectivity index (χ3v) is 5.94. The first-order valence-corrected chi connectivity index (χ1v) is 10.7. The van der Waals surface area contributed by atoms with Crippen LogP contribution in [0.3, 0.4) is 0 Å². The molecular weight excluding hydrogens is 464 g/mol. The van der Waals surface area contributed by atoms with E-state index in [0.717, 1.165) is 11.3 Å². The van der Waals surface area contributed by atoms with Gasteiger partial charge in [0.2, 0.25) is 10.9 Å². The number of aromatic hydroxyl groups is 1. The average Bonchev–Trinajstić information content (AvgIpc) is 3.34. The number of nitro groups is 1. The van der Waals surface area contributed by atoms with Crippen LogP contribution >= 0.6 is 11.3 Å². The molecule has 0 aliphatic carbocycles. The van der Waals surface area contributed by atoms with Crippen LogP contribution in [0.5, 0.6) is 5.88 Å². The molecule has 0 saturated heterocycles. The van der Waals surface area contributed by atoms with E-state index in [1.807, 2.05) is 0 Å². The van der Waals surface area contributed by atoms with E-state index in [1.165, 1.54) is 59.0 Å². The van der Waals surface area contributed by atoms with Gasteiger partial charge in [-0.1, -0.05) is 47.7 Å². The smallest absolute Gasteiger partial charge is 0.296 e. The van der Waals surface area contributed by atoms with Crippen molar-refractivity contribution in [2.75, 3.05) is 0 Å². The summed E-state index contributed by atoms with van der Waals surface area (Å²) < 4.78 is 30.7. The molecule has 0 unspecified atom stereocenters. The molecule has 2 aromatic heterocycles. The Kier molecular flexibility index (Phi) is 5.30. The van der Waals surface area contributed by atoms with E-state index < -0.39 is 22.4 Å². The van der Waals surface area contributed by atoms with Crippen molar-refractivity contribution in [2.45, 2.75) is 0 Å². The molecule has 5 rings (SSSR count). The number of azo groups is 1. The Morgan fingerprint density at radius 1 is 0.912 bits per heavy atom. The lowest BCUT2D eigenvalue weighted by atomic mass is 10.0. The van der Waals surface area contributed by atoms with Gasteiger partial charge in [-0.05, 0) is 30.3 Å². The highest BCUT2D eigenvalue weighted by atomic mass is 32.1. The Morgan fingerprint density at radius 3 is 2.21 bits per heavy atom. The largest absolute Gasteiger partial charge is 0.492 e. The number of imidazole rings is 1. The molecule has 0 fully saturated rings. The second-order valence-electron chi connectivity index (χ2n) is 7.06. The molecule has 2 heterocycles. The second kappa shape index (κ2) is 8.45. The van der Waals surface area contributed by atoms with Crippen molar-refractivity contribution >= 4 is 32.7 Å². The van der Waals surface area contributed by atoms with Crippen LogP contribution in [0, 0.1) is 21.7 Å². The number of hydrogen-bond acceptors (Lipinski definition) is 7. The van der Waals surface area contributed by atoms with Gasteiger partial charge in [-0.15, -0.1) is 10.2 Å². The third-order valence-electron chi connectivity index (χ3n) is 5.02. The fourth-order valence-electron chi connectivity index (χ4n) is 3.50. The maximum Gasteiger partial charge on any atom is 0.296 e. The highest BCUT2D eigenvalue weighted by Gasteiger charge is 2.26. The summed E-state index contributed by atoms with van der Waals surface area (Å²) in [5, 5.41) is 30.0. The van der Waals surface area contributed by atoms with E-state index in [9.17, 15) is 24.0 Å². The van der Waals surface area contributed by atoms with Crippen LogP contribution in [0.2, 0.25) is 0 Å². The molecule has 1 N–H and O–H groups in total. The van der Waals surface area contributed by atoms with E-state index in [-0.39, 0.29) is 43.9 Å². The molecule has 168 valence electrons. The molecule has 0 radical (unpaired) electrons. The van der Waals surface area contributed by atoms with Crippen LogP contribution < -0.4 is 0 Å². The molecule has 0 aliphatic rings. The number of hydrogen-bond donors (Lipinski definition) is 1. The van der Waals surface area contributed by atoms with Gasteiger partial charge in [-0.3, -0.25) is 14.5 Å². The normalized spacial score (nSPS) is 11.5. The van der Waals surface area contributed by atoms with Crippen molar-refractivity contribution in [1.82, 2.24) is 9.38 Å². The highest BCUT2D eigenvalue weighted by Crippen LogP contribution is 2.45. The Hall–Kier alpha value is -4.51. The Bertz CT molecular complexity index is 1600. The molecule has 5 aromatic rings. The molecule has 3 aromatic carbocycles. The zero-order valence-corrected chi connectivity index (χ0v) is 17.9. The predicted octanol–water partition coefficient (Wildman–Crippen LogP) is 7.04. The number of aromatic nitrogens is 2. The lowest BCUT2D eigenvalue weighted by Gasteiger charge is -2.07. The van der Waals surface area contributed by atoms with Crippen molar-refractivity contribution in [1.29, 1.82) is 0 Å². The van der Waals surface area contributed by atoms with E-state index in [1.54, 1.807) is 18.2 Å². The zero-order chi connectivity index (χ0) is 23.8. The van der Waals surface area contributed by atoms with Crippen molar-refractivity contribution in [3.05, 3.63) is 94.5 Å². The van der Waals surface area contributed by atoms with Crippen LogP contribution in [0.15, 0.2) is 83.0 Å². The first-order chi connectivity index (χ1) is 16.5. The molecule has 8 nitrogen and oxygen atoms in total. The molecule has 34 heavy (non-hydrogen) atoms. The first-order valence-electron chi connectivity index (χ1n) is 9.85. The molecule has 0 aliphatic heterocycles. The lowest BCUT2D eigenvalue weighted by molar-refractivity contribution is -0.384. The number of nitro benzene ring substituents is 1. The van der Waals surface area contributed by atoms with Crippen LogP contribution in [-0.2, 0) is 0 Å². The summed E-state index contributed by atoms with van der Waals surface area (Å²) >= 11 is 0.920. The molecule has 0 spiro atoms. The predicted molar refractivity (Wildman–Crippen MR) is 123 cm³/mol. The molecule has 11 heteroatoms. The van der Waals surface area contributed by atoms with Crippen LogP contribution in [0.1, 0.15) is 0 Å². The summed E-state index contributed by atoms with van der Waals surface area (Å²) in [5.41, 5.74) is 0.272. The second-order valence-corrected chi connectivity index (χ2v) is 8.02. The van der Waals surface area contributed by atoms with Gasteiger partial charge in [0.25, 0.3) is 5.69 Å². The van der Waals surface area contributed by atoms with Crippen molar-refractivity contribution in [3.63, 3.8) is 0 Å². The van der Waals surface area contributed by atoms with E-state index in [0.29, 0.717) is 0 Å². The van der Waals surface area contributed by atoms with Crippen LogP contribution in [0.4, 0.5) is 25.2 Å². The minimum absolute atomic E-state index is 0.000636. The Morgan fingerprint density at radius 2 is 1.53 bits per heavy atom. The number of fused-ring (bicyclic) bond motifs is 1. The fraction of sp³-hybridized carbons (Fsp3) is 0. The number of para-hydroxylation sites is 1. The van der Waals surface area contributed by atoms with Gasteiger partial charge in [0.1, 0.15) is 17.3 Å². The van der Waals surface area contributed by atoms with Gasteiger partial charge in [-0.2, -0.15) is 0 Å². The maximum absolute atomic E-state index is 14.8. The van der Waals surface area contributed by atoms with Crippen LogP contribution in [-0.4, -0.2) is 19.4 Å². The minimum Gasteiger partial charge on any atom is -0.492 e. The maximum atomic E-state index is 14.8. The molecule has 0 amide bonds. The van der Waals surface area contributed by atoms with Gasteiger partial charge in [-0.25, -0.2) is 13.8 Å². The number of rotatable bonds is 5. The van der Waals surface area contributed by atoms with Crippen LogP contribution in [0.25, 0.3) is 27.5 Å². The van der Waals surface area contributed by atoms with Crippen molar-refractivity contribution in [2.24, 2.45) is 10.2 Å². The summed E-state index contributed by atoms with van der Waals surface area (Å²) in [6, 6.07) is 17.6. The summed E-state index contributed by atoms with van der Waals surface area (Å²) in [6.07, 6.45) is 0.